The fourth-order valence-electron chi connectivity index (χ4n) is 3.77. The number of carbonyl (C=O) groups is 3. The number of benzene rings is 4. The first-order valence-corrected chi connectivity index (χ1v) is 13.2. The van der Waals surface area contributed by atoms with Crippen LogP contribution in [0.1, 0.15) is 37.4 Å². The fourth-order valence-corrected chi connectivity index (χ4v) is 4.51. The normalized spacial score (nSPS) is 11.0. The highest BCUT2D eigenvalue weighted by atomic mass is 32.2. The number of amides is 1. The molecule has 0 spiro atoms. The maximum Gasteiger partial charge on any atom is 0.336 e. The van der Waals surface area contributed by atoms with Gasteiger partial charge in [0.05, 0.1) is 16.0 Å². The molecular formula is C30H28N2O8S. The van der Waals surface area contributed by atoms with E-state index in [-0.39, 0.29) is 17.7 Å². The number of aryl methyl sites for hydroxylation is 2. The lowest BCUT2D eigenvalue weighted by atomic mass is 10.0. The summed E-state index contributed by atoms with van der Waals surface area (Å²) in [7, 11) is 0. The minimum absolute atomic E-state index is 0.0422. The molecule has 4 rings (SSSR count). The molecule has 0 aliphatic carbocycles. The Kier molecular flexibility index (Phi) is 10.9. The number of hydrogen-bond donors (Lipinski definition) is 4. The van der Waals surface area contributed by atoms with Crippen molar-refractivity contribution in [2.24, 2.45) is 0 Å². The SMILES string of the molecule is C=O.Cc1ccc(COO)c(Nc2ccc(OS(=O)c3ccc(NC(=O)c4cc(C)ccc4C(=O)O)cc3)cc2)c1. The van der Waals surface area contributed by atoms with Crippen LogP contribution in [0.3, 0.4) is 0 Å². The first-order valence-electron chi connectivity index (χ1n) is 12.1. The Hall–Kier alpha value is -4.84. The Morgan fingerprint density at radius 3 is 2.07 bits per heavy atom. The third-order valence-corrected chi connectivity index (χ3v) is 6.75. The van der Waals surface area contributed by atoms with Gasteiger partial charge in [-0.25, -0.2) is 13.9 Å². The summed E-state index contributed by atoms with van der Waals surface area (Å²) in [6.45, 7) is 5.77. The molecule has 0 heterocycles. The number of carbonyl (C=O) groups excluding carboxylic acids is 2. The summed E-state index contributed by atoms with van der Waals surface area (Å²) in [5.41, 5.74) is 4.50. The third kappa shape index (κ3) is 8.32. The van der Waals surface area contributed by atoms with Gasteiger partial charge < -0.3 is 24.7 Å². The van der Waals surface area contributed by atoms with Crippen LogP contribution in [0.15, 0.2) is 89.8 Å². The van der Waals surface area contributed by atoms with Gasteiger partial charge in [0.2, 0.25) is 11.1 Å². The Morgan fingerprint density at radius 1 is 0.829 bits per heavy atom. The van der Waals surface area contributed by atoms with Gasteiger partial charge in [0, 0.05) is 22.6 Å². The van der Waals surface area contributed by atoms with Crippen molar-refractivity contribution in [2.75, 3.05) is 10.6 Å². The van der Waals surface area contributed by atoms with Gasteiger partial charge in [-0.1, -0.05) is 23.8 Å². The minimum atomic E-state index is -1.81. The van der Waals surface area contributed by atoms with E-state index in [2.05, 4.69) is 15.5 Å². The van der Waals surface area contributed by atoms with Gasteiger partial charge in [-0.2, -0.15) is 0 Å². The molecule has 0 aliphatic rings. The Labute approximate surface area is 239 Å². The van der Waals surface area contributed by atoms with Gasteiger partial charge in [0.15, 0.2) is 0 Å². The van der Waals surface area contributed by atoms with E-state index < -0.39 is 23.0 Å². The molecule has 11 heteroatoms. The van der Waals surface area contributed by atoms with E-state index in [1.807, 2.05) is 31.9 Å². The van der Waals surface area contributed by atoms with Crippen LogP contribution >= 0.6 is 0 Å². The van der Waals surface area contributed by atoms with E-state index in [4.69, 9.17) is 14.2 Å². The maximum absolute atomic E-state index is 12.7. The average molecular weight is 577 g/mol. The van der Waals surface area contributed by atoms with Crippen molar-refractivity contribution >= 4 is 46.8 Å². The largest absolute Gasteiger partial charge is 0.478 e. The molecule has 0 aromatic heterocycles. The smallest absolute Gasteiger partial charge is 0.336 e. The van der Waals surface area contributed by atoms with E-state index >= 15 is 0 Å². The highest BCUT2D eigenvalue weighted by molar-refractivity contribution is 7.80. The van der Waals surface area contributed by atoms with Gasteiger partial charge in [-0.15, -0.1) is 0 Å². The Balaban J connectivity index is 0.00000226. The van der Waals surface area contributed by atoms with Crippen molar-refractivity contribution in [3.8, 4) is 5.75 Å². The predicted molar refractivity (Wildman–Crippen MR) is 155 cm³/mol. The lowest BCUT2D eigenvalue weighted by Gasteiger charge is -2.13. The second-order valence-electron chi connectivity index (χ2n) is 8.73. The van der Waals surface area contributed by atoms with Crippen LogP contribution in [0.2, 0.25) is 0 Å². The number of hydrogen-bond acceptors (Lipinski definition) is 8. The van der Waals surface area contributed by atoms with Crippen LogP contribution in [0.25, 0.3) is 0 Å². The second-order valence-corrected chi connectivity index (χ2v) is 9.84. The molecule has 0 saturated carbocycles. The first-order chi connectivity index (χ1) is 19.7. The van der Waals surface area contributed by atoms with E-state index in [9.17, 15) is 18.9 Å². The van der Waals surface area contributed by atoms with Crippen molar-refractivity contribution in [1.82, 2.24) is 0 Å². The molecule has 4 aromatic rings. The summed E-state index contributed by atoms with van der Waals surface area (Å²) < 4.78 is 18.3. The standard InChI is InChI=1S/C29H26N2O7S.CH2O/c1-18-4-14-25(29(33)34)26(15-18)28(32)31-22-8-12-24(13-9-22)39(36)38-23-10-6-21(7-11-23)30-27-16-19(2)3-5-20(27)17-37-35;1-2/h3-16,30,35H,17H2,1-2H3,(H,31,32)(H,33,34);1H2. The molecule has 0 fully saturated rings. The second kappa shape index (κ2) is 14.5. The van der Waals surface area contributed by atoms with Crippen molar-refractivity contribution in [1.29, 1.82) is 0 Å². The zero-order valence-corrected chi connectivity index (χ0v) is 23.1. The summed E-state index contributed by atoms with van der Waals surface area (Å²) in [6, 6.07) is 23.4. The van der Waals surface area contributed by atoms with Crippen LogP contribution in [0, 0.1) is 13.8 Å². The van der Waals surface area contributed by atoms with Gasteiger partial charge in [0.1, 0.15) is 19.1 Å². The fraction of sp³-hybridized carbons (Fsp3) is 0.100. The number of carboxylic acid groups (broad SMARTS) is 1. The van der Waals surface area contributed by atoms with Crippen LogP contribution < -0.4 is 14.8 Å². The molecule has 0 aliphatic heterocycles. The molecule has 212 valence electrons. The summed E-state index contributed by atoms with van der Waals surface area (Å²) >= 11 is -1.81. The molecular weight excluding hydrogens is 548 g/mol. The highest BCUT2D eigenvalue weighted by Crippen LogP contribution is 2.26. The van der Waals surface area contributed by atoms with Gasteiger partial charge in [-0.05, 0) is 86.1 Å². The van der Waals surface area contributed by atoms with Crippen LogP contribution in [0.4, 0.5) is 17.1 Å². The summed E-state index contributed by atoms with van der Waals surface area (Å²) in [4.78, 5) is 36.8. The van der Waals surface area contributed by atoms with E-state index in [0.29, 0.717) is 16.3 Å². The monoisotopic (exact) mass is 576 g/mol. The Morgan fingerprint density at radius 2 is 1.44 bits per heavy atom. The quantitative estimate of drug-likeness (QED) is 0.133. The van der Waals surface area contributed by atoms with Crippen molar-refractivity contribution in [3.05, 3.63) is 113 Å². The molecule has 41 heavy (non-hydrogen) atoms. The van der Waals surface area contributed by atoms with Gasteiger partial charge in [-0.3, -0.25) is 10.1 Å². The van der Waals surface area contributed by atoms with Gasteiger partial charge >= 0.3 is 5.97 Å². The number of rotatable bonds is 10. The molecule has 4 N–H and O–H groups in total. The summed E-state index contributed by atoms with van der Waals surface area (Å²) in [5.74, 6) is -1.36. The van der Waals surface area contributed by atoms with Gasteiger partial charge in [0.25, 0.3) is 5.91 Å². The van der Waals surface area contributed by atoms with Crippen molar-refractivity contribution < 1.29 is 38.0 Å². The molecule has 1 atom stereocenters. The predicted octanol–water partition coefficient (Wildman–Crippen LogP) is 5.90. The first kappa shape index (κ1) is 30.7. The molecule has 4 aromatic carbocycles. The van der Waals surface area contributed by atoms with E-state index in [0.717, 1.165) is 28.1 Å². The number of anilines is 3. The minimum Gasteiger partial charge on any atom is -0.478 e. The Bertz CT molecular complexity index is 1540. The molecule has 0 bridgehead atoms. The third-order valence-electron chi connectivity index (χ3n) is 5.75. The zero-order chi connectivity index (χ0) is 29.9. The zero-order valence-electron chi connectivity index (χ0n) is 22.2. The van der Waals surface area contributed by atoms with Crippen LogP contribution in [-0.4, -0.2) is 33.2 Å². The lowest BCUT2D eigenvalue weighted by Crippen LogP contribution is -2.16. The average Bonchev–Trinajstić information content (AvgIpc) is 2.97. The van der Waals surface area contributed by atoms with Crippen molar-refractivity contribution in [3.63, 3.8) is 0 Å². The molecule has 0 saturated heterocycles. The topological polar surface area (TPSA) is 151 Å². The summed E-state index contributed by atoms with van der Waals surface area (Å²) in [6.07, 6.45) is 0. The summed E-state index contributed by atoms with van der Waals surface area (Å²) in [5, 5.41) is 24.1. The number of aromatic carboxylic acids is 1. The van der Waals surface area contributed by atoms with E-state index in [1.54, 1.807) is 61.5 Å². The van der Waals surface area contributed by atoms with Crippen LogP contribution in [-0.2, 0) is 27.4 Å². The molecule has 0 radical (unpaired) electrons. The van der Waals surface area contributed by atoms with E-state index in [1.165, 1.54) is 12.1 Å². The highest BCUT2D eigenvalue weighted by Gasteiger charge is 2.17. The molecule has 1 unspecified atom stereocenters. The molecule has 10 nitrogen and oxygen atoms in total. The molecule has 1 amide bonds. The number of carboxylic acids is 1. The van der Waals surface area contributed by atoms with Crippen molar-refractivity contribution in [2.45, 2.75) is 25.3 Å². The van der Waals surface area contributed by atoms with Crippen LogP contribution in [0.5, 0.6) is 5.75 Å². The maximum atomic E-state index is 12.7. The lowest BCUT2D eigenvalue weighted by molar-refractivity contribution is -0.252. The number of nitrogens with one attached hydrogen (secondary N) is 2.